The van der Waals surface area contributed by atoms with Crippen LogP contribution in [0.3, 0.4) is 0 Å². The van der Waals surface area contributed by atoms with E-state index in [-0.39, 0.29) is 5.76 Å². The van der Waals surface area contributed by atoms with Gasteiger partial charge < -0.3 is 19.2 Å². The molecule has 3 aromatic rings. The predicted octanol–water partition coefficient (Wildman–Crippen LogP) is 5.06. The lowest BCUT2D eigenvalue weighted by atomic mass is 9.88. The molecule has 1 amide bonds. The fourth-order valence-corrected chi connectivity index (χ4v) is 5.13. The standard InChI is InChI=1S/C22H23NO5S/c1-4-27-15-7-5-6-13-11-16(28-19(13)15)20(24)23-21-18(22(25)26-3)14-9-8-12(2)10-17(14)29-21/h5-7,11-12H,4,8-10H2,1-3H3,(H,23,24). The lowest BCUT2D eigenvalue weighted by Gasteiger charge is -2.18. The van der Waals surface area contributed by atoms with Crippen LogP contribution in [0.2, 0.25) is 0 Å². The number of hydrogen-bond donors (Lipinski definition) is 1. The first-order valence-electron chi connectivity index (χ1n) is 9.71. The molecule has 29 heavy (non-hydrogen) atoms. The summed E-state index contributed by atoms with van der Waals surface area (Å²) in [6.45, 7) is 4.59. The van der Waals surface area contributed by atoms with E-state index in [2.05, 4.69) is 12.2 Å². The molecule has 7 heteroatoms. The molecule has 0 saturated carbocycles. The number of amides is 1. The van der Waals surface area contributed by atoms with Crippen molar-refractivity contribution in [1.29, 1.82) is 0 Å². The Balaban J connectivity index is 1.67. The molecule has 0 fully saturated rings. The summed E-state index contributed by atoms with van der Waals surface area (Å²) in [5.74, 6) is 0.501. The van der Waals surface area contributed by atoms with E-state index in [1.807, 2.05) is 19.1 Å². The number of hydrogen-bond acceptors (Lipinski definition) is 6. The summed E-state index contributed by atoms with van der Waals surface area (Å²) in [6.07, 6.45) is 2.74. The van der Waals surface area contributed by atoms with Crippen LogP contribution in [0, 0.1) is 5.92 Å². The molecule has 0 aliphatic heterocycles. The van der Waals surface area contributed by atoms with Crippen molar-refractivity contribution in [2.24, 2.45) is 5.92 Å². The van der Waals surface area contributed by atoms with Crippen LogP contribution in [-0.2, 0) is 17.6 Å². The van der Waals surface area contributed by atoms with E-state index in [0.717, 1.165) is 35.1 Å². The van der Waals surface area contributed by atoms with Gasteiger partial charge in [0, 0.05) is 10.3 Å². The van der Waals surface area contributed by atoms with E-state index in [9.17, 15) is 9.59 Å². The topological polar surface area (TPSA) is 77.8 Å². The van der Waals surface area contributed by atoms with Crippen LogP contribution >= 0.6 is 11.3 Å². The van der Waals surface area contributed by atoms with Crippen LogP contribution in [0.25, 0.3) is 11.0 Å². The van der Waals surface area contributed by atoms with Gasteiger partial charge in [0.15, 0.2) is 17.1 Å². The van der Waals surface area contributed by atoms with Crippen LogP contribution in [0.5, 0.6) is 5.75 Å². The summed E-state index contributed by atoms with van der Waals surface area (Å²) in [6, 6.07) is 7.21. The second-order valence-corrected chi connectivity index (χ2v) is 8.32. The highest BCUT2D eigenvalue weighted by molar-refractivity contribution is 7.17. The van der Waals surface area contributed by atoms with Gasteiger partial charge in [0.25, 0.3) is 5.91 Å². The van der Waals surface area contributed by atoms with Crippen molar-refractivity contribution in [2.75, 3.05) is 19.0 Å². The third-order valence-corrected chi connectivity index (χ3v) is 6.33. The highest BCUT2D eigenvalue weighted by atomic mass is 32.1. The van der Waals surface area contributed by atoms with E-state index in [1.54, 1.807) is 12.1 Å². The van der Waals surface area contributed by atoms with Gasteiger partial charge in [-0.05, 0) is 49.8 Å². The number of para-hydroxylation sites is 1. The highest BCUT2D eigenvalue weighted by Crippen LogP contribution is 2.40. The molecule has 4 rings (SSSR count). The van der Waals surface area contributed by atoms with Gasteiger partial charge in [0.2, 0.25) is 0 Å². The van der Waals surface area contributed by atoms with Crippen LogP contribution < -0.4 is 10.1 Å². The van der Waals surface area contributed by atoms with Crippen LogP contribution in [0.15, 0.2) is 28.7 Å². The molecule has 0 spiro atoms. The normalized spacial score (nSPS) is 15.8. The summed E-state index contributed by atoms with van der Waals surface area (Å²) < 4.78 is 16.3. The van der Waals surface area contributed by atoms with Crippen molar-refractivity contribution in [1.82, 2.24) is 0 Å². The molecule has 1 aliphatic rings. The molecule has 152 valence electrons. The summed E-state index contributed by atoms with van der Waals surface area (Å²) >= 11 is 1.45. The van der Waals surface area contributed by atoms with E-state index in [1.165, 1.54) is 18.4 Å². The Hall–Kier alpha value is -2.80. The SMILES string of the molecule is CCOc1cccc2cc(C(=O)Nc3sc4c(c3C(=O)OC)CCC(C)C4)oc12. The Bertz CT molecular complexity index is 1080. The van der Waals surface area contributed by atoms with Crippen molar-refractivity contribution in [2.45, 2.75) is 33.1 Å². The van der Waals surface area contributed by atoms with E-state index in [0.29, 0.717) is 34.4 Å². The number of carbonyl (C=O) groups excluding carboxylic acids is 2. The molecule has 0 saturated heterocycles. The number of furan rings is 1. The second-order valence-electron chi connectivity index (χ2n) is 7.22. The molecule has 0 radical (unpaired) electrons. The van der Waals surface area contributed by atoms with Crippen molar-refractivity contribution in [3.8, 4) is 5.75 Å². The van der Waals surface area contributed by atoms with Gasteiger partial charge in [-0.2, -0.15) is 0 Å². The zero-order chi connectivity index (χ0) is 20.5. The highest BCUT2D eigenvalue weighted by Gasteiger charge is 2.29. The Kier molecular flexibility index (Phi) is 5.32. The smallest absolute Gasteiger partial charge is 0.341 e. The number of carbonyl (C=O) groups is 2. The minimum atomic E-state index is -0.421. The van der Waals surface area contributed by atoms with Gasteiger partial charge in [-0.25, -0.2) is 4.79 Å². The summed E-state index contributed by atoms with van der Waals surface area (Å²) in [5.41, 5.74) is 2.00. The van der Waals surface area contributed by atoms with Gasteiger partial charge in [0.05, 0.1) is 19.3 Å². The summed E-state index contributed by atoms with van der Waals surface area (Å²) in [4.78, 5) is 26.5. The lowest BCUT2D eigenvalue weighted by molar-refractivity contribution is 0.0601. The number of anilines is 1. The third-order valence-electron chi connectivity index (χ3n) is 5.16. The molecular formula is C22H23NO5S. The van der Waals surface area contributed by atoms with Gasteiger partial charge in [-0.3, -0.25) is 4.79 Å². The first kappa shape index (κ1) is 19.5. The van der Waals surface area contributed by atoms with E-state index < -0.39 is 11.9 Å². The van der Waals surface area contributed by atoms with Crippen molar-refractivity contribution in [3.63, 3.8) is 0 Å². The maximum atomic E-state index is 12.9. The Labute approximate surface area is 172 Å². The van der Waals surface area contributed by atoms with Gasteiger partial charge in [-0.15, -0.1) is 11.3 Å². The maximum Gasteiger partial charge on any atom is 0.341 e. The van der Waals surface area contributed by atoms with Crippen molar-refractivity contribution < 1.29 is 23.5 Å². The van der Waals surface area contributed by atoms with Crippen LogP contribution in [-0.4, -0.2) is 25.6 Å². The van der Waals surface area contributed by atoms with Crippen molar-refractivity contribution >= 4 is 39.2 Å². The first-order chi connectivity index (χ1) is 14.0. The number of fused-ring (bicyclic) bond motifs is 2. The number of esters is 1. The van der Waals surface area contributed by atoms with Gasteiger partial charge >= 0.3 is 5.97 Å². The molecular weight excluding hydrogens is 390 g/mol. The monoisotopic (exact) mass is 413 g/mol. The van der Waals surface area contributed by atoms with E-state index in [4.69, 9.17) is 13.9 Å². The Morgan fingerprint density at radius 2 is 2.17 bits per heavy atom. The average molecular weight is 413 g/mol. The number of methoxy groups -OCH3 is 1. The third kappa shape index (κ3) is 3.62. The molecule has 1 unspecified atom stereocenters. The Morgan fingerprint density at radius 3 is 2.93 bits per heavy atom. The van der Waals surface area contributed by atoms with Crippen LogP contribution in [0.1, 0.15) is 51.6 Å². The quantitative estimate of drug-likeness (QED) is 0.592. The molecule has 6 nitrogen and oxygen atoms in total. The van der Waals surface area contributed by atoms with E-state index >= 15 is 0 Å². The first-order valence-corrected chi connectivity index (χ1v) is 10.5. The molecule has 2 aromatic heterocycles. The molecule has 2 heterocycles. The largest absolute Gasteiger partial charge is 0.490 e. The minimum Gasteiger partial charge on any atom is -0.490 e. The average Bonchev–Trinajstić information content (AvgIpc) is 3.29. The van der Waals surface area contributed by atoms with Gasteiger partial charge in [0.1, 0.15) is 5.00 Å². The Morgan fingerprint density at radius 1 is 1.34 bits per heavy atom. The van der Waals surface area contributed by atoms with Crippen molar-refractivity contribution in [3.05, 3.63) is 46.0 Å². The zero-order valence-corrected chi connectivity index (χ0v) is 17.5. The molecule has 0 bridgehead atoms. The predicted molar refractivity (Wildman–Crippen MR) is 112 cm³/mol. The summed E-state index contributed by atoms with van der Waals surface area (Å²) in [5, 5.41) is 4.18. The van der Waals surface area contributed by atoms with Crippen LogP contribution in [0.4, 0.5) is 5.00 Å². The maximum absolute atomic E-state index is 12.9. The lowest BCUT2D eigenvalue weighted by Crippen LogP contribution is -2.15. The fourth-order valence-electron chi connectivity index (χ4n) is 3.74. The molecule has 1 N–H and O–H groups in total. The zero-order valence-electron chi connectivity index (χ0n) is 16.7. The number of thiophene rings is 1. The number of rotatable bonds is 5. The fraction of sp³-hybridized carbons (Fsp3) is 0.364. The molecule has 1 aliphatic carbocycles. The number of nitrogens with one attached hydrogen (secondary N) is 1. The molecule has 1 atom stereocenters. The second kappa shape index (κ2) is 7.91. The summed E-state index contributed by atoms with van der Waals surface area (Å²) in [7, 11) is 1.36. The van der Waals surface area contributed by atoms with Gasteiger partial charge in [-0.1, -0.05) is 19.1 Å². The number of benzene rings is 1. The minimum absolute atomic E-state index is 0.169. The number of ether oxygens (including phenoxy) is 2. The molecule has 1 aromatic carbocycles.